The van der Waals surface area contributed by atoms with Crippen LogP contribution in [0.5, 0.6) is 5.75 Å². The first-order valence-corrected chi connectivity index (χ1v) is 7.35. The van der Waals surface area contributed by atoms with Crippen LogP contribution in [0.2, 0.25) is 0 Å². The van der Waals surface area contributed by atoms with Crippen LogP contribution in [-0.4, -0.2) is 24.0 Å². The number of ether oxygens (including phenoxy) is 1. The summed E-state index contributed by atoms with van der Waals surface area (Å²) in [6.07, 6.45) is 5.00. The van der Waals surface area contributed by atoms with Gasteiger partial charge in [-0.15, -0.1) is 0 Å². The van der Waals surface area contributed by atoms with Crippen molar-refractivity contribution in [2.45, 2.75) is 25.7 Å². The summed E-state index contributed by atoms with van der Waals surface area (Å²) in [5.41, 5.74) is 6.29. The first-order chi connectivity index (χ1) is 9.65. The second kappa shape index (κ2) is 7.24. The summed E-state index contributed by atoms with van der Waals surface area (Å²) in [7, 11) is 0. The third-order valence-electron chi connectivity index (χ3n) is 3.32. The molecule has 0 aliphatic heterocycles. The number of nitrogens with two attached hydrogens (primary N) is 1. The summed E-state index contributed by atoms with van der Waals surface area (Å²) < 4.78 is 5.40. The molecule has 1 aromatic carbocycles. The molecule has 2 rings (SSSR count). The van der Waals surface area contributed by atoms with Crippen LogP contribution in [-0.2, 0) is 4.79 Å². The predicted octanol–water partition coefficient (Wildman–Crippen LogP) is 2.01. The standard InChI is InChI=1S/C15H20N2O2S/c16-15(20)12-5-7-13(8-6-12)19-10-14(18)17-9-1-2-11-3-4-11/h5-8,11H,1-4,9-10H2,(H2,16,20)(H,17,18). The molecule has 0 atom stereocenters. The van der Waals surface area contributed by atoms with Crippen molar-refractivity contribution in [3.63, 3.8) is 0 Å². The van der Waals surface area contributed by atoms with Crippen LogP contribution in [0.4, 0.5) is 0 Å². The summed E-state index contributed by atoms with van der Waals surface area (Å²) in [4.78, 5) is 11.9. The van der Waals surface area contributed by atoms with E-state index < -0.39 is 0 Å². The van der Waals surface area contributed by atoms with Crippen LogP contribution in [0.15, 0.2) is 24.3 Å². The van der Waals surface area contributed by atoms with Crippen molar-refractivity contribution < 1.29 is 9.53 Å². The minimum absolute atomic E-state index is 0.0375. The molecule has 0 unspecified atom stereocenters. The van der Waals surface area contributed by atoms with Crippen LogP contribution in [0.3, 0.4) is 0 Å². The molecule has 1 aliphatic rings. The van der Waals surface area contributed by atoms with Gasteiger partial charge in [-0.05, 0) is 43.0 Å². The minimum atomic E-state index is -0.0841. The van der Waals surface area contributed by atoms with Crippen molar-refractivity contribution in [2.24, 2.45) is 11.7 Å². The Bertz CT molecular complexity index is 469. The fourth-order valence-corrected chi connectivity index (χ4v) is 2.08. The Labute approximate surface area is 124 Å². The van der Waals surface area contributed by atoms with Gasteiger partial charge in [-0.3, -0.25) is 4.79 Å². The van der Waals surface area contributed by atoms with Crippen molar-refractivity contribution in [3.8, 4) is 5.75 Å². The lowest BCUT2D eigenvalue weighted by Crippen LogP contribution is -2.29. The van der Waals surface area contributed by atoms with Gasteiger partial charge in [0.2, 0.25) is 0 Å². The third kappa shape index (κ3) is 5.17. The van der Waals surface area contributed by atoms with Crippen LogP contribution >= 0.6 is 12.2 Å². The second-order valence-electron chi connectivity index (χ2n) is 5.11. The fraction of sp³-hybridized carbons (Fsp3) is 0.467. The average Bonchev–Trinajstić information content (AvgIpc) is 3.26. The number of carbonyl (C=O) groups excluding carboxylic acids is 1. The number of nitrogens with one attached hydrogen (secondary N) is 1. The van der Waals surface area contributed by atoms with Gasteiger partial charge in [0.1, 0.15) is 10.7 Å². The van der Waals surface area contributed by atoms with Gasteiger partial charge in [0.05, 0.1) is 0 Å². The Hall–Kier alpha value is -1.62. The van der Waals surface area contributed by atoms with Gasteiger partial charge in [-0.1, -0.05) is 25.1 Å². The van der Waals surface area contributed by atoms with E-state index in [1.807, 2.05) is 0 Å². The first-order valence-electron chi connectivity index (χ1n) is 6.94. The predicted molar refractivity (Wildman–Crippen MR) is 82.8 cm³/mol. The maximum Gasteiger partial charge on any atom is 0.257 e. The molecule has 1 fully saturated rings. The topological polar surface area (TPSA) is 64.3 Å². The van der Waals surface area contributed by atoms with Crippen molar-refractivity contribution in [2.75, 3.05) is 13.2 Å². The Kier molecular flexibility index (Phi) is 5.35. The monoisotopic (exact) mass is 292 g/mol. The van der Waals surface area contributed by atoms with Gasteiger partial charge in [-0.25, -0.2) is 0 Å². The molecule has 0 saturated heterocycles. The van der Waals surface area contributed by atoms with E-state index in [2.05, 4.69) is 5.32 Å². The quantitative estimate of drug-likeness (QED) is 0.568. The summed E-state index contributed by atoms with van der Waals surface area (Å²) in [6.45, 7) is 0.773. The van der Waals surface area contributed by atoms with Crippen molar-refractivity contribution in [3.05, 3.63) is 29.8 Å². The zero-order valence-corrected chi connectivity index (χ0v) is 12.2. The number of thiocarbonyl (C=S) groups is 1. The van der Waals surface area contributed by atoms with E-state index in [0.29, 0.717) is 10.7 Å². The molecule has 108 valence electrons. The average molecular weight is 292 g/mol. The van der Waals surface area contributed by atoms with E-state index in [1.54, 1.807) is 24.3 Å². The van der Waals surface area contributed by atoms with Gasteiger partial charge >= 0.3 is 0 Å². The summed E-state index contributed by atoms with van der Waals surface area (Å²) in [6, 6.07) is 7.08. The second-order valence-corrected chi connectivity index (χ2v) is 5.55. The molecular weight excluding hydrogens is 272 g/mol. The van der Waals surface area contributed by atoms with Gasteiger partial charge in [0, 0.05) is 12.1 Å². The zero-order valence-electron chi connectivity index (χ0n) is 11.4. The Morgan fingerprint density at radius 2 is 2.05 bits per heavy atom. The van der Waals surface area contributed by atoms with E-state index in [0.717, 1.165) is 24.4 Å². The lowest BCUT2D eigenvalue weighted by atomic mass is 10.2. The molecule has 0 radical (unpaired) electrons. The molecule has 4 nitrogen and oxygen atoms in total. The van der Waals surface area contributed by atoms with E-state index in [9.17, 15) is 4.79 Å². The maximum atomic E-state index is 11.6. The highest BCUT2D eigenvalue weighted by atomic mass is 32.1. The smallest absolute Gasteiger partial charge is 0.257 e. The van der Waals surface area contributed by atoms with E-state index in [1.165, 1.54) is 19.3 Å². The number of benzene rings is 1. The van der Waals surface area contributed by atoms with Crippen LogP contribution in [0, 0.1) is 5.92 Å². The Morgan fingerprint density at radius 3 is 2.65 bits per heavy atom. The summed E-state index contributed by atoms with van der Waals surface area (Å²) in [5.74, 6) is 1.47. The molecular formula is C15H20N2O2S. The molecule has 1 amide bonds. The summed E-state index contributed by atoms with van der Waals surface area (Å²) in [5, 5.41) is 2.86. The summed E-state index contributed by atoms with van der Waals surface area (Å²) >= 11 is 4.87. The highest BCUT2D eigenvalue weighted by Crippen LogP contribution is 2.33. The molecule has 0 aromatic heterocycles. The molecule has 3 N–H and O–H groups in total. The van der Waals surface area contributed by atoms with E-state index >= 15 is 0 Å². The van der Waals surface area contributed by atoms with Crippen LogP contribution in [0.25, 0.3) is 0 Å². The zero-order chi connectivity index (χ0) is 14.4. The molecule has 5 heteroatoms. The number of hydrogen-bond acceptors (Lipinski definition) is 3. The number of amides is 1. The van der Waals surface area contributed by atoms with E-state index in [4.69, 9.17) is 22.7 Å². The molecule has 0 heterocycles. The van der Waals surface area contributed by atoms with Gasteiger partial charge in [-0.2, -0.15) is 0 Å². The van der Waals surface area contributed by atoms with Crippen molar-refractivity contribution in [1.29, 1.82) is 0 Å². The highest BCUT2D eigenvalue weighted by Gasteiger charge is 2.20. The first kappa shape index (κ1) is 14.8. The number of rotatable bonds is 8. The largest absolute Gasteiger partial charge is 0.484 e. The maximum absolute atomic E-state index is 11.6. The van der Waals surface area contributed by atoms with Crippen molar-refractivity contribution in [1.82, 2.24) is 5.32 Å². The highest BCUT2D eigenvalue weighted by molar-refractivity contribution is 7.80. The Morgan fingerprint density at radius 1 is 1.35 bits per heavy atom. The van der Waals surface area contributed by atoms with E-state index in [-0.39, 0.29) is 12.5 Å². The molecule has 1 aliphatic carbocycles. The van der Waals surface area contributed by atoms with Gasteiger partial charge < -0.3 is 15.8 Å². The number of carbonyl (C=O) groups is 1. The van der Waals surface area contributed by atoms with Crippen LogP contribution < -0.4 is 15.8 Å². The van der Waals surface area contributed by atoms with Gasteiger partial charge in [0.25, 0.3) is 5.91 Å². The molecule has 0 spiro atoms. The van der Waals surface area contributed by atoms with Crippen LogP contribution in [0.1, 0.15) is 31.2 Å². The SMILES string of the molecule is NC(=S)c1ccc(OCC(=O)NCCCC2CC2)cc1. The van der Waals surface area contributed by atoms with Crippen molar-refractivity contribution >= 4 is 23.1 Å². The molecule has 20 heavy (non-hydrogen) atoms. The normalized spacial score (nSPS) is 13.8. The molecule has 1 aromatic rings. The van der Waals surface area contributed by atoms with Gasteiger partial charge in [0.15, 0.2) is 6.61 Å². The number of hydrogen-bond donors (Lipinski definition) is 2. The minimum Gasteiger partial charge on any atom is -0.484 e. The molecule has 0 bridgehead atoms. The lowest BCUT2D eigenvalue weighted by Gasteiger charge is -2.08. The third-order valence-corrected chi connectivity index (χ3v) is 3.55. The Balaban J connectivity index is 1.62. The molecule has 1 saturated carbocycles. The lowest BCUT2D eigenvalue weighted by molar-refractivity contribution is -0.123. The fourth-order valence-electron chi connectivity index (χ4n) is 1.94.